The van der Waals surface area contributed by atoms with Crippen molar-refractivity contribution >= 4 is 33.7 Å². The Kier molecular flexibility index (Phi) is 6.52. The van der Waals surface area contributed by atoms with Crippen molar-refractivity contribution in [2.24, 2.45) is 5.92 Å². The van der Waals surface area contributed by atoms with Gasteiger partial charge in [0.05, 0.1) is 4.90 Å². The van der Waals surface area contributed by atoms with E-state index in [2.05, 4.69) is 5.32 Å². The predicted molar refractivity (Wildman–Crippen MR) is 122 cm³/mol. The van der Waals surface area contributed by atoms with E-state index >= 15 is 0 Å². The molecule has 1 saturated carbocycles. The van der Waals surface area contributed by atoms with Crippen LogP contribution in [0.15, 0.2) is 29.2 Å². The van der Waals surface area contributed by atoms with Gasteiger partial charge in [-0.15, -0.1) is 0 Å². The van der Waals surface area contributed by atoms with Crippen LogP contribution >= 0.6 is 0 Å². The number of benzene rings is 1. The number of carbonyl (C=O) groups is 4. The number of imide groups is 1. The SMILES string of the molecule is CC(=O)c1ccc(S(=O)(=O)N2CCN(C(=O)CN3C(=O)N[C@@]4(CCCC[C@@H]4C)C3=O)CC2)cc1. The van der Waals surface area contributed by atoms with Crippen LogP contribution in [0.4, 0.5) is 4.79 Å². The third kappa shape index (κ3) is 4.22. The van der Waals surface area contributed by atoms with Gasteiger partial charge < -0.3 is 10.2 Å². The fourth-order valence-corrected chi connectivity index (χ4v) is 6.48. The predicted octanol–water partition coefficient (Wildman–Crippen LogP) is 1.22. The normalized spacial score (nSPS) is 26.1. The van der Waals surface area contributed by atoms with E-state index in [4.69, 9.17) is 0 Å². The number of amides is 4. The van der Waals surface area contributed by atoms with Crippen LogP contribution in [0.2, 0.25) is 0 Å². The summed E-state index contributed by atoms with van der Waals surface area (Å²) in [6.07, 6.45) is 3.29. The zero-order valence-corrected chi connectivity index (χ0v) is 20.3. The average Bonchev–Trinajstić information content (AvgIpc) is 3.06. The topological polar surface area (TPSA) is 124 Å². The van der Waals surface area contributed by atoms with E-state index in [1.807, 2.05) is 6.92 Å². The van der Waals surface area contributed by atoms with Crippen LogP contribution in [0, 0.1) is 5.92 Å². The molecule has 2 heterocycles. The molecule has 184 valence electrons. The van der Waals surface area contributed by atoms with Gasteiger partial charge in [0, 0.05) is 31.7 Å². The molecule has 2 atom stereocenters. The molecular formula is C23H30N4O6S. The fourth-order valence-electron chi connectivity index (χ4n) is 5.06. The second kappa shape index (κ2) is 9.10. The highest BCUT2D eigenvalue weighted by atomic mass is 32.2. The van der Waals surface area contributed by atoms with Crippen molar-refractivity contribution in [2.45, 2.75) is 50.0 Å². The quantitative estimate of drug-likeness (QED) is 0.489. The van der Waals surface area contributed by atoms with Crippen LogP contribution in [-0.2, 0) is 19.6 Å². The molecule has 11 heteroatoms. The lowest BCUT2D eigenvalue weighted by atomic mass is 9.73. The summed E-state index contributed by atoms with van der Waals surface area (Å²) in [4.78, 5) is 52.5. The Hall–Kier alpha value is -2.79. The monoisotopic (exact) mass is 490 g/mol. The van der Waals surface area contributed by atoms with E-state index in [-0.39, 0.29) is 61.1 Å². The van der Waals surface area contributed by atoms with Gasteiger partial charge in [0.15, 0.2) is 5.78 Å². The first kappa shape index (κ1) is 24.3. The summed E-state index contributed by atoms with van der Waals surface area (Å²) < 4.78 is 27.2. The number of ketones is 1. The van der Waals surface area contributed by atoms with Gasteiger partial charge in [-0.25, -0.2) is 13.2 Å². The maximum absolute atomic E-state index is 13.1. The molecule has 3 aliphatic rings. The second-order valence-electron chi connectivity index (χ2n) is 9.31. The van der Waals surface area contributed by atoms with Gasteiger partial charge in [-0.2, -0.15) is 4.31 Å². The van der Waals surface area contributed by atoms with Gasteiger partial charge in [-0.1, -0.05) is 31.9 Å². The van der Waals surface area contributed by atoms with E-state index in [0.717, 1.165) is 24.2 Å². The van der Waals surface area contributed by atoms with Crippen LogP contribution in [-0.4, -0.2) is 84.4 Å². The minimum atomic E-state index is -3.76. The Balaban J connectivity index is 1.37. The zero-order chi connectivity index (χ0) is 24.7. The van der Waals surface area contributed by atoms with Crippen molar-refractivity contribution in [3.8, 4) is 0 Å². The van der Waals surface area contributed by atoms with Gasteiger partial charge in [0.2, 0.25) is 15.9 Å². The number of piperazine rings is 1. The molecule has 2 aliphatic heterocycles. The number of nitrogens with zero attached hydrogens (tertiary/aromatic N) is 3. The number of nitrogens with one attached hydrogen (secondary N) is 1. The number of urea groups is 1. The fraction of sp³-hybridized carbons (Fsp3) is 0.565. The maximum Gasteiger partial charge on any atom is 0.325 e. The molecule has 34 heavy (non-hydrogen) atoms. The van der Waals surface area contributed by atoms with Gasteiger partial charge >= 0.3 is 6.03 Å². The number of hydrogen-bond acceptors (Lipinski definition) is 6. The first-order chi connectivity index (χ1) is 16.1. The number of hydrogen-bond donors (Lipinski definition) is 1. The van der Waals surface area contributed by atoms with E-state index in [1.165, 1.54) is 40.4 Å². The van der Waals surface area contributed by atoms with E-state index in [9.17, 15) is 27.6 Å². The molecule has 2 saturated heterocycles. The molecular weight excluding hydrogens is 460 g/mol. The molecule has 1 aliphatic carbocycles. The Morgan fingerprint density at radius 1 is 1.06 bits per heavy atom. The van der Waals surface area contributed by atoms with Crippen LogP contribution < -0.4 is 5.32 Å². The van der Waals surface area contributed by atoms with Gasteiger partial charge in [-0.05, 0) is 37.8 Å². The molecule has 1 aromatic rings. The molecule has 1 spiro atoms. The molecule has 0 bridgehead atoms. The molecule has 10 nitrogen and oxygen atoms in total. The summed E-state index contributed by atoms with van der Waals surface area (Å²) in [6.45, 7) is 3.54. The molecule has 0 unspecified atom stereocenters. The van der Waals surface area contributed by atoms with Gasteiger partial charge in [-0.3, -0.25) is 19.3 Å². The molecule has 0 aromatic heterocycles. The zero-order valence-electron chi connectivity index (χ0n) is 19.5. The first-order valence-electron chi connectivity index (χ1n) is 11.6. The van der Waals surface area contributed by atoms with Crippen molar-refractivity contribution in [1.29, 1.82) is 0 Å². The minimum absolute atomic E-state index is 0.0102. The number of carbonyl (C=O) groups excluding carboxylic acids is 4. The Morgan fingerprint density at radius 2 is 1.71 bits per heavy atom. The third-order valence-corrected chi connectivity index (χ3v) is 9.20. The Labute approximate surface area is 199 Å². The standard InChI is InChI=1S/C23H30N4O6S/c1-16-5-3-4-10-23(16)21(30)27(22(31)24-23)15-20(29)25-11-13-26(14-12-25)34(32,33)19-8-6-18(7-9-19)17(2)28/h6-9,16H,3-5,10-15H2,1-2H3,(H,24,31)/t16-,23+/m0/s1. The van der Waals surface area contributed by atoms with Crippen molar-refractivity contribution < 1.29 is 27.6 Å². The van der Waals surface area contributed by atoms with Gasteiger partial charge in [0.25, 0.3) is 5.91 Å². The summed E-state index contributed by atoms with van der Waals surface area (Å²) in [5, 5.41) is 2.84. The summed E-state index contributed by atoms with van der Waals surface area (Å²) >= 11 is 0. The lowest BCUT2D eigenvalue weighted by Crippen LogP contribution is -2.55. The van der Waals surface area contributed by atoms with Crippen LogP contribution in [0.25, 0.3) is 0 Å². The second-order valence-corrected chi connectivity index (χ2v) is 11.2. The van der Waals surface area contributed by atoms with Crippen molar-refractivity contribution in [3.05, 3.63) is 29.8 Å². The first-order valence-corrected chi connectivity index (χ1v) is 13.0. The number of sulfonamides is 1. The van der Waals surface area contributed by atoms with Crippen LogP contribution in [0.3, 0.4) is 0 Å². The van der Waals surface area contributed by atoms with E-state index in [0.29, 0.717) is 12.0 Å². The third-order valence-electron chi connectivity index (χ3n) is 7.28. The minimum Gasteiger partial charge on any atom is -0.338 e. The largest absolute Gasteiger partial charge is 0.338 e. The summed E-state index contributed by atoms with van der Waals surface area (Å²) in [7, 11) is -3.76. The average molecular weight is 491 g/mol. The van der Waals surface area contributed by atoms with Crippen molar-refractivity contribution in [1.82, 2.24) is 19.4 Å². The van der Waals surface area contributed by atoms with E-state index < -0.39 is 21.6 Å². The maximum atomic E-state index is 13.1. The van der Waals surface area contributed by atoms with Gasteiger partial charge in [0.1, 0.15) is 12.1 Å². The molecule has 0 radical (unpaired) electrons. The highest BCUT2D eigenvalue weighted by molar-refractivity contribution is 7.89. The number of rotatable bonds is 5. The Bertz CT molecular complexity index is 1110. The highest BCUT2D eigenvalue weighted by Crippen LogP contribution is 2.38. The molecule has 4 rings (SSSR count). The van der Waals surface area contributed by atoms with Crippen molar-refractivity contribution in [2.75, 3.05) is 32.7 Å². The lowest BCUT2D eigenvalue weighted by molar-refractivity contribution is -0.141. The summed E-state index contributed by atoms with van der Waals surface area (Å²) in [6, 6.07) is 5.23. The summed E-state index contributed by atoms with van der Waals surface area (Å²) in [5.41, 5.74) is -0.486. The van der Waals surface area contributed by atoms with Crippen molar-refractivity contribution in [3.63, 3.8) is 0 Å². The molecule has 3 fully saturated rings. The van der Waals surface area contributed by atoms with Crippen LogP contribution in [0.1, 0.15) is 49.9 Å². The Morgan fingerprint density at radius 3 is 2.29 bits per heavy atom. The molecule has 1 aromatic carbocycles. The summed E-state index contributed by atoms with van der Waals surface area (Å²) in [5.74, 6) is -0.860. The molecule has 1 N–H and O–H groups in total. The van der Waals surface area contributed by atoms with Crippen LogP contribution in [0.5, 0.6) is 0 Å². The molecule has 4 amide bonds. The number of Topliss-reactive ketones (excluding diaryl/α,β-unsaturated/α-hetero) is 1. The lowest BCUT2D eigenvalue weighted by Gasteiger charge is -2.37. The van der Waals surface area contributed by atoms with E-state index in [1.54, 1.807) is 0 Å². The highest BCUT2D eigenvalue weighted by Gasteiger charge is 2.55. The smallest absolute Gasteiger partial charge is 0.325 e.